The van der Waals surface area contributed by atoms with Crippen molar-refractivity contribution < 1.29 is 4.79 Å². The molecule has 0 saturated heterocycles. The minimum Gasteiger partial charge on any atom is -0.292 e. The molecule has 3 heterocycles. The van der Waals surface area contributed by atoms with Gasteiger partial charge in [-0.2, -0.15) is 0 Å². The summed E-state index contributed by atoms with van der Waals surface area (Å²) < 4.78 is 0. The Labute approximate surface area is 140 Å². The van der Waals surface area contributed by atoms with Gasteiger partial charge >= 0.3 is 0 Å². The van der Waals surface area contributed by atoms with Gasteiger partial charge in [-0.1, -0.05) is 17.8 Å². The fourth-order valence-corrected chi connectivity index (χ4v) is 3.93. The van der Waals surface area contributed by atoms with Crippen molar-refractivity contribution in [3.05, 3.63) is 50.1 Å². The second-order valence-corrected chi connectivity index (χ2v) is 7.68. The van der Waals surface area contributed by atoms with Crippen molar-refractivity contribution in [3.63, 3.8) is 0 Å². The van der Waals surface area contributed by atoms with Crippen LogP contribution in [0.2, 0.25) is 0 Å². The molecule has 0 unspecified atom stereocenters. The van der Waals surface area contributed by atoms with Crippen LogP contribution in [-0.4, -0.2) is 26.7 Å². The molecule has 0 aromatic carbocycles. The Morgan fingerprint density at radius 1 is 1.36 bits per heavy atom. The summed E-state index contributed by atoms with van der Waals surface area (Å²) in [5.41, 5.74) is 0. The summed E-state index contributed by atoms with van der Waals surface area (Å²) in [6.07, 6.45) is 3.87. The smallest absolute Gasteiger partial charge is 0.209 e. The zero-order chi connectivity index (χ0) is 15.4. The first-order valence-corrected chi connectivity index (χ1v) is 9.25. The lowest BCUT2D eigenvalue weighted by molar-refractivity contribution is 0.102. The van der Waals surface area contributed by atoms with Crippen molar-refractivity contribution in [2.45, 2.75) is 12.1 Å². The Morgan fingerprint density at radius 2 is 2.27 bits per heavy atom. The molecule has 4 nitrogen and oxygen atoms in total. The predicted octanol–water partition coefficient (Wildman–Crippen LogP) is 4.38. The fraction of sp³-hybridized carbons (Fsp3) is 0.133. The molecule has 112 valence electrons. The summed E-state index contributed by atoms with van der Waals surface area (Å²) in [6.45, 7) is 2.00. The van der Waals surface area contributed by atoms with Crippen LogP contribution in [0.25, 0.3) is 12.2 Å². The Bertz CT molecular complexity index is 787. The zero-order valence-electron chi connectivity index (χ0n) is 11.8. The molecular weight excluding hydrogens is 334 g/mol. The number of hydrogen-bond donors (Lipinski definition) is 1. The van der Waals surface area contributed by atoms with E-state index in [4.69, 9.17) is 0 Å². The monoisotopic (exact) mass is 347 g/mol. The number of aromatic nitrogens is 3. The van der Waals surface area contributed by atoms with Gasteiger partial charge in [0, 0.05) is 9.75 Å². The third-order valence-corrected chi connectivity index (χ3v) is 5.50. The first kappa shape index (κ1) is 15.2. The standard InChI is InChI=1S/C15H13N3OS3/c1-10-4-6-13(22-10)12(19)9-21-15-16-14(17-18-15)7-5-11-3-2-8-20-11/h2-8H,9H2,1H3,(H,16,17,18)/b7-5+. The highest BCUT2D eigenvalue weighted by atomic mass is 32.2. The van der Waals surface area contributed by atoms with Crippen LogP contribution in [0.15, 0.2) is 34.8 Å². The number of carbonyl (C=O) groups excluding carboxylic acids is 1. The van der Waals surface area contributed by atoms with Gasteiger partial charge in [0.25, 0.3) is 0 Å². The maximum atomic E-state index is 12.0. The van der Waals surface area contributed by atoms with Gasteiger partial charge < -0.3 is 0 Å². The van der Waals surface area contributed by atoms with E-state index in [1.807, 2.05) is 48.7 Å². The van der Waals surface area contributed by atoms with Crippen LogP contribution < -0.4 is 0 Å². The number of aromatic amines is 1. The van der Waals surface area contributed by atoms with E-state index in [2.05, 4.69) is 15.2 Å². The molecule has 0 aliphatic heterocycles. The molecule has 3 rings (SSSR count). The van der Waals surface area contributed by atoms with E-state index in [-0.39, 0.29) is 5.78 Å². The lowest BCUT2D eigenvalue weighted by atomic mass is 10.3. The molecule has 0 amide bonds. The van der Waals surface area contributed by atoms with Gasteiger partial charge in [0.05, 0.1) is 10.6 Å². The summed E-state index contributed by atoms with van der Waals surface area (Å²) in [6, 6.07) is 7.87. The molecule has 0 fully saturated rings. The summed E-state index contributed by atoms with van der Waals surface area (Å²) >= 11 is 4.54. The largest absolute Gasteiger partial charge is 0.292 e. The summed E-state index contributed by atoms with van der Waals surface area (Å²) in [4.78, 5) is 19.5. The van der Waals surface area contributed by atoms with Gasteiger partial charge in [0.1, 0.15) is 5.82 Å². The molecule has 0 spiro atoms. The number of carbonyl (C=O) groups is 1. The molecular formula is C15H13N3OS3. The fourth-order valence-electron chi connectivity index (χ4n) is 1.73. The normalized spacial score (nSPS) is 11.3. The minimum atomic E-state index is 0.114. The average Bonchev–Trinajstić information content (AvgIpc) is 3.24. The molecule has 7 heteroatoms. The van der Waals surface area contributed by atoms with Crippen molar-refractivity contribution in [2.24, 2.45) is 0 Å². The van der Waals surface area contributed by atoms with Gasteiger partial charge in [-0.25, -0.2) is 4.98 Å². The lowest BCUT2D eigenvalue weighted by Gasteiger charge is -1.94. The molecule has 0 aliphatic rings. The molecule has 3 aromatic rings. The highest BCUT2D eigenvalue weighted by Crippen LogP contribution is 2.20. The highest BCUT2D eigenvalue weighted by Gasteiger charge is 2.10. The molecule has 22 heavy (non-hydrogen) atoms. The van der Waals surface area contributed by atoms with Crippen LogP contribution >= 0.6 is 34.4 Å². The first-order valence-electron chi connectivity index (χ1n) is 6.57. The number of aryl methyl sites for hydroxylation is 1. The average molecular weight is 347 g/mol. The highest BCUT2D eigenvalue weighted by molar-refractivity contribution is 7.99. The van der Waals surface area contributed by atoms with Crippen LogP contribution in [0.3, 0.4) is 0 Å². The molecule has 0 radical (unpaired) electrons. The van der Waals surface area contributed by atoms with Crippen molar-refractivity contribution in [2.75, 3.05) is 5.75 Å². The van der Waals surface area contributed by atoms with E-state index in [0.717, 1.165) is 14.6 Å². The number of hydrogen-bond acceptors (Lipinski definition) is 6. The number of nitrogens with zero attached hydrogens (tertiary/aromatic N) is 2. The van der Waals surface area contributed by atoms with Crippen LogP contribution in [0.1, 0.15) is 25.3 Å². The number of thiophene rings is 2. The van der Waals surface area contributed by atoms with E-state index in [1.54, 1.807) is 11.3 Å². The number of rotatable bonds is 6. The summed E-state index contributed by atoms with van der Waals surface area (Å²) in [5.74, 6) is 1.16. The summed E-state index contributed by atoms with van der Waals surface area (Å²) in [7, 11) is 0. The van der Waals surface area contributed by atoms with Gasteiger partial charge in [0.2, 0.25) is 5.16 Å². The van der Waals surface area contributed by atoms with Crippen LogP contribution in [0, 0.1) is 6.92 Å². The first-order chi connectivity index (χ1) is 10.7. The van der Waals surface area contributed by atoms with E-state index in [1.165, 1.54) is 23.1 Å². The maximum absolute atomic E-state index is 12.0. The number of thioether (sulfide) groups is 1. The number of Topliss-reactive ketones (excluding diaryl/α,β-unsaturated/α-hetero) is 1. The molecule has 0 bridgehead atoms. The number of H-pyrrole nitrogens is 1. The zero-order valence-corrected chi connectivity index (χ0v) is 14.2. The Balaban J connectivity index is 1.56. The second kappa shape index (κ2) is 7.04. The Morgan fingerprint density at radius 3 is 3.00 bits per heavy atom. The predicted molar refractivity (Wildman–Crippen MR) is 93.7 cm³/mol. The van der Waals surface area contributed by atoms with Crippen molar-refractivity contribution in [1.29, 1.82) is 0 Å². The third-order valence-electron chi connectivity index (χ3n) is 2.78. The van der Waals surface area contributed by atoms with Crippen molar-refractivity contribution in [3.8, 4) is 0 Å². The van der Waals surface area contributed by atoms with Gasteiger partial charge in [-0.15, -0.1) is 27.8 Å². The summed E-state index contributed by atoms with van der Waals surface area (Å²) in [5, 5.41) is 9.60. The Kier molecular flexibility index (Phi) is 4.87. The molecule has 3 aromatic heterocycles. The van der Waals surface area contributed by atoms with Crippen LogP contribution in [0.5, 0.6) is 0 Å². The van der Waals surface area contributed by atoms with E-state index in [0.29, 0.717) is 16.7 Å². The second-order valence-electron chi connectivity index (χ2n) is 4.47. The number of nitrogens with one attached hydrogen (secondary N) is 1. The quantitative estimate of drug-likeness (QED) is 0.531. The van der Waals surface area contributed by atoms with Gasteiger partial charge in [-0.3, -0.25) is 9.89 Å². The van der Waals surface area contributed by atoms with Crippen LogP contribution in [0.4, 0.5) is 0 Å². The molecule has 0 aliphatic carbocycles. The van der Waals surface area contributed by atoms with Gasteiger partial charge in [-0.05, 0) is 42.7 Å². The molecule has 0 atom stereocenters. The minimum absolute atomic E-state index is 0.114. The van der Waals surface area contributed by atoms with E-state index < -0.39 is 0 Å². The number of ketones is 1. The Hall–Kier alpha value is -1.70. The van der Waals surface area contributed by atoms with Crippen molar-refractivity contribution >= 4 is 52.4 Å². The van der Waals surface area contributed by atoms with Gasteiger partial charge in [0.15, 0.2) is 5.78 Å². The molecule has 0 saturated carbocycles. The maximum Gasteiger partial charge on any atom is 0.209 e. The lowest BCUT2D eigenvalue weighted by Crippen LogP contribution is -1.99. The van der Waals surface area contributed by atoms with E-state index in [9.17, 15) is 4.79 Å². The van der Waals surface area contributed by atoms with Crippen molar-refractivity contribution in [1.82, 2.24) is 15.2 Å². The molecule has 1 N–H and O–H groups in total. The van der Waals surface area contributed by atoms with Crippen LogP contribution in [-0.2, 0) is 0 Å². The van der Waals surface area contributed by atoms with E-state index >= 15 is 0 Å². The third kappa shape index (κ3) is 3.94. The SMILES string of the molecule is Cc1ccc(C(=O)CSc2n[nH]c(/C=C/c3cccs3)n2)s1. The topological polar surface area (TPSA) is 58.6 Å².